The molecule has 2 rings (SSSR count). The van der Waals surface area contributed by atoms with Gasteiger partial charge in [0.05, 0.1) is 18.8 Å². The summed E-state index contributed by atoms with van der Waals surface area (Å²) >= 11 is 6.98. The highest BCUT2D eigenvalue weighted by Gasteiger charge is 2.21. The van der Waals surface area contributed by atoms with E-state index in [1.54, 1.807) is 0 Å². The van der Waals surface area contributed by atoms with Gasteiger partial charge in [0.1, 0.15) is 0 Å². The van der Waals surface area contributed by atoms with Crippen LogP contribution in [-0.4, -0.2) is 24.6 Å². The van der Waals surface area contributed by atoms with E-state index >= 15 is 0 Å². The summed E-state index contributed by atoms with van der Waals surface area (Å²) in [6.07, 6.45) is 1.34. The number of hydrogen-bond acceptors (Lipinski definition) is 2. The summed E-state index contributed by atoms with van der Waals surface area (Å²) in [5, 5.41) is 0.806. The van der Waals surface area contributed by atoms with Crippen molar-refractivity contribution in [2.24, 2.45) is 0 Å². The topological polar surface area (TPSA) is 18.5 Å². The standard InChI is InChI=1S/C12H14Br2O2/c13-7-12(16-11-4-5-15-8-11)9-2-1-3-10(14)6-9/h1-3,6,11-12H,4-5,7-8H2. The SMILES string of the molecule is BrCC(OC1CCOC1)c1cccc(Br)c1. The van der Waals surface area contributed by atoms with Crippen molar-refractivity contribution in [3.63, 3.8) is 0 Å². The Balaban J connectivity index is 2.03. The van der Waals surface area contributed by atoms with Gasteiger partial charge in [0.25, 0.3) is 0 Å². The van der Waals surface area contributed by atoms with E-state index in [0.717, 1.165) is 29.4 Å². The fourth-order valence-corrected chi connectivity index (χ4v) is 2.71. The number of benzene rings is 1. The van der Waals surface area contributed by atoms with Gasteiger partial charge in [-0.05, 0) is 24.1 Å². The highest BCUT2D eigenvalue weighted by molar-refractivity contribution is 9.10. The fraction of sp³-hybridized carbons (Fsp3) is 0.500. The molecule has 2 atom stereocenters. The molecule has 0 N–H and O–H groups in total. The normalized spacial score (nSPS) is 22.2. The predicted octanol–water partition coefficient (Wildman–Crippen LogP) is 3.69. The molecule has 0 saturated carbocycles. The Kier molecular flexibility index (Phi) is 4.82. The molecule has 0 bridgehead atoms. The van der Waals surface area contributed by atoms with Crippen molar-refractivity contribution in [2.75, 3.05) is 18.5 Å². The molecule has 2 nitrogen and oxygen atoms in total. The number of rotatable bonds is 4. The van der Waals surface area contributed by atoms with Crippen LogP contribution in [0.15, 0.2) is 28.7 Å². The molecule has 0 radical (unpaired) electrons. The average Bonchev–Trinajstić information content (AvgIpc) is 2.78. The highest BCUT2D eigenvalue weighted by atomic mass is 79.9. The quantitative estimate of drug-likeness (QED) is 0.772. The number of ether oxygens (including phenoxy) is 2. The van der Waals surface area contributed by atoms with Crippen LogP contribution in [-0.2, 0) is 9.47 Å². The first-order chi connectivity index (χ1) is 7.79. The minimum Gasteiger partial charge on any atom is -0.379 e. The van der Waals surface area contributed by atoms with Crippen LogP contribution in [0.1, 0.15) is 18.1 Å². The first-order valence-corrected chi connectivity index (χ1v) is 7.25. The zero-order valence-electron chi connectivity index (χ0n) is 8.86. The smallest absolute Gasteiger partial charge is 0.0927 e. The van der Waals surface area contributed by atoms with Crippen molar-refractivity contribution >= 4 is 31.9 Å². The van der Waals surface area contributed by atoms with Crippen LogP contribution >= 0.6 is 31.9 Å². The van der Waals surface area contributed by atoms with E-state index < -0.39 is 0 Å². The van der Waals surface area contributed by atoms with E-state index in [4.69, 9.17) is 9.47 Å². The van der Waals surface area contributed by atoms with Gasteiger partial charge in [0, 0.05) is 16.4 Å². The number of halogens is 2. The Bertz CT molecular complexity index is 338. The second-order valence-corrected chi connectivity index (χ2v) is 5.38. The first-order valence-electron chi connectivity index (χ1n) is 5.34. The molecule has 88 valence electrons. The monoisotopic (exact) mass is 348 g/mol. The van der Waals surface area contributed by atoms with Crippen molar-refractivity contribution in [3.8, 4) is 0 Å². The number of hydrogen-bond donors (Lipinski definition) is 0. The molecule has 1 aromatic carbocycles. The Hall–Kier alpha value is 0.100. The third-order valence-corrected chi connectivity index (χ3v) is 3.69. The maximum atomic E-state index is 6.01. The average molecular weight is 350 g/mol. The summed E-state index contributed by atoms with van der Waals surface area (Å²) in [4.78, 5) is 0. The first kappa shape index (κ1) is 12.6. The lowest BCUT2D eigenvalue weighted by atomic mass is 10.1. The summed E-state index contributed by atoms with van der Waals surface area (Å²) in [7, 11) is 0. The number of alkyl halides is 1. The minimum absolute atomic E-state index is 0.101. The van der Waals surface area contributed by atoms with E-state index in [2.05, 4.69) is 44.0 Å². The summed E-state index contributed by atoms with van der Waals surface area (Å²) in [5.74, 6) is 0. The van der Waals surface area contributed by atoms with Gasteiger partial charge >= 0.3 is 0 Å². The Labute approximate surface area is 113 Å². The summed E-state index contributed by atoms with van der Waals surface area (Å²) in [6, 6.07) is 8.24. The Morgan fingerprint density at radius 1 is 1.50 bits per heavy atom. The van der Waals surface area contributed by atoms with Crippen molar-refractivity contribution in [1.82, 2.24) is 0 Å². The molecule has 1 heterocycles. The van der Waals surface area contributed by atoms with Crippen LogP contribution in [0.5, 0.6) is 0 Å². The van der Waals surface area contributed by atoms with Crippen LogP contribution in [0.4, 0.5) is 0 Å². The zero-order valence-corrected chi connectivity index (χ0v) is 12.0. The van der Waals surface area contributed by atoms with E-state index in [1.165, 1.54) is 5.56 Å². The van der Waals surface area contributed by atoms with Gasteiger partial charge in [-0.25, -0.2) is 0 Å². The van der Waals surface area contributed by atoms with Crippen LogP contribution in [0.2, 0.25) is 0 Å². The lowest BCUT2D eigenvalue weighted by Gasteiger charge is -2.20. The molecule has 4 heteroatoms. The maximum absolute atomic E-state index is 6.01. The third kappa shape index (κ3) is 3.29. The lowest BCUT2D eigenvalue weighted by molar-refractivity contribution is -0.00468. The second-order valence-electron chi connectivity index (χ2n) is 3.82. The van der Waals surface area contributed by atoms with E-state index in [-0.39, 0.29) is 12.2 Å². The van der Waals surface area contributed by atoms with Crippen molar-refractivity contribution in [2.45, 2.75) is 18.6 Å². The second kappa shape index (κ2) is 6.15. The lowest BCUT2D eigenvalue weighted by Crippen LogP contribution is -2.17. The molecular weight excluding hydrogens is 336 g/mol. The molecule has 0 spiro atoms. The van der Waals surface area contributed by atoms with Gasteiger partial charge in [-0.2, -0.15) is 0 Å². The predicted molar refractivity (Wildman–Crippen MR) is 71.0 cm³/mol. The largest absolute Gasteiger partial charge is 0.379 e. The van der Waals surface area contributed by atoms with E-state index in [9.17, 15) is 0 Å². The molecule has 1 aliphatic heterocycles. The maximum Gasteiger partial charge on any atom is 0.0927 e. The Morgan fingerprint density at radius 3 is 3.00 bits per heavy atom. The summed E-state index contributed by atoms with van der Waals surface area (Å²) in [5.41, 5.74) is 1.19. The van der Waals surface area contributed by atoms with E-state index in [0.29, 0.717) is 0 Å². The van der Waals surface area contributed by atoms with Gasteiger partial charge in [-0.1, -0.05) is 44.0 Å². The molecule has 0 aromatic heterocycles. The Morgan fingerprint density at radius 2 is 2.38 bits per heavy atom. The zero-order chi connectivity index (χ0) is 11.4. The van der Waals surface area contributed by atoms with Crippen LogP contribution in [0.3, 0.4) is 0 Å². The molecule has 16 heavy (non-hydrogen) atoms. The molecule has 0 amide bonds. The summed E-state index contributed by atoms with van der Waals surface area (Å²) < 4.78 is 12.4. The molecule has 1 fully saturated rings. The molecule has 0 aliphatic carbocycles. The molecular formula is C12H14Br2O2. The molecule has 2 unspecified atom stereocenters. The van der Waals surface area contributed by atoms with Crippen molar-refractivity contribution in [1.29, 1.82) is 0 Å². The highest BCUT2D eigenvalue weighted by Crippen LogP contribution is 2.26. The third-order valence-electron chi connectivity index (χ3n) is 2.61. The van der Waals surface area contributed by atoms with Crippen LogP contribution in [0, 0.1) is 0 Å². The van der Waals surface area contributed by atoms with Crippen molar-refractivity contribution in [3.05, 3.63) is 34.3 Å². The van der Waals surface area contributed by atoms with Gasteiger partial charge in [0.15, 0.2) is 0 Å². The minimum atomic E-state index is 0.101. The van der Waals surface area contributed by atoms with E-state index in [1.807, 2.05) is 12.1 Å². The van der Waals surface area contributed by atoms with Crippen LogP contribution in [0.25, 0.3) is 0 Å². The van der Waals surface area contributed by atoms with Gasteiger partial charge < -0.3 is 9.47 Å². The van der Waals surface area contributed by atoms with Gasteiger partial charge in [-0.15, -0.1) is 0 Å². The summed E-state index contributed by atoms with van der Waals surface area (Å²) in [6.45, 7) is 1.54. The van der Waals surface area contributed by atoms with Crippen LogP contribution < -0.4 is 0 Å². The molecule has 1 aliphatic rings. The molecule has 1 saturated heterocycles. The van der Waals surface area contributed by atoms with Gasteiger partial charge in [-0.3, -0.25) is 0 Å². The van der Waals surface area contributed by atoms with Gasteiger partial charge in [0.2, 0.25) is 0 Å². The van der Waals surface area contributed by atoms with Crippen molar-refractivity contribution < 1.29 is 9.47 Å². The molecule has 1 aromatic rings. The fourth-order valence-electron chi connectivity index (χ4n) is 1.76.